The molecule has 10 heteroatoms. The van der Waals surface area contributed by atoms with Crippen LogP contribution in [0.5, 0.6) is 0 Å². The van der Waals surface area contributed by atoms with E-state index < -0.39 is 36.2 Å². The number of ketones is 1. The first-order chi connectivity index (χ1) is 14.6. The molecule has 0 bridgehead atoms. The van der Waals surface area contributed by atoms with Crippen molar-refractivity contribution in [1.29, 1.82) is 5.41 Å². The second-order valence-corrected chi connectivity index (χ2v) is 8.25. The second kappa shape index (κ2) is 10.5. The third kappa shape index (κ3) is 7.03. The Labute approximate surface area is 182 Å². The molecule has 1 unspecified atom stereocenters. The fraction of sp³-hybridized carbons (Fsp3) is 0.286. The van der Waals surface area contributed by atoms with Crippen LogP contribution in [0.2, 0.25) is 0 Å². The Morgan fingerprint density at radius 2 is 1.74 bits per heavy atom. The summed E-state index contributed by atoms with van der Waals surface area (Å²) in [6, 6.07) is 8.77. The number of nitrogens with two attached hydrogens (primary N) is 1. The Bertz CT molecular complexity index is 999. The molecule has 31 heavy (non-hydrogen) atoms. The van der Waals surface area contributed by atoms with E-state index in [2.05, 4.69) is 5.32 Å². The van der Waals surface area contributed by atoms with Gasteiger partial charge in [-0.15, -0.1) is 11.3 Å². The summed E-state index contributed by atoms with van der Waals surface area (Å²) < 4.78 is 0. The number of hydrogen-bond acceptors (Lipinski definition) is 6. The molecule has 0 spiro atoms. The molecule has 1 aromatic heterocycles. The summed E-state index contributed by atoms with van der Waals surface area (Å²) in [6.07, 6.45) is -0.237. The van der Waals surface area contributed by atoms with Gasteiger partial charge in [0.25, 0.3) is 0 Å². The van der Waals surface area contributed by atoms with Crippen molar-refractivity contribution in [3.63, 3.8) is 0 Å². The van der Waals surface area contributed by atoms with Gasteiger partial charge >= 0.3 is 11.9 Å². The molecule has 164 valence electrons. The number of carbonyl (C=O) groups excluding carboxylic acids is 2. The fourth-order valence-corrected chi connectivity index (χ4v) is 3.87. The molecule has 1 aromatic carbocycles. The van der Waals surface area contributed by atoms with Crippen molar-refractivity contribution >= 4 is 40.8 Å². The number of carboxylic acids is 2. The van der Waals surface area contributed by atoms with E-state index in [-0.39, 0.29) is 24.5 Å². The number of amides is 1. The lowest BCUT2D eigenvalue weighted by Gasteiger charge is -2.16. The number of nitrogen functional groups attached to an aromatic ring is 1. The Morgan fingerprint density at radius 1 is 1.10 bits per heavy atom. The van der Waals surface area contributed by atoms with Gasteiger partial charge < -0.3 is 21.3 Å². The summed E-state index contributed by atoms with van der Waals surface area (Å²) in [4.78, 5) is 47.9. The minimum absolute atomic E-state index is 0.0448. The lowest BCUT2D eigenvalue weighted by molar-refractivity contribution is -0.147. The predicted octanol–water partition coefficient (Wildman–Crippen LogP) is 1.68. The van der Waals surface area contributed by atoms with Crippen LogP contribution in [0.4, 0.5) is 0 Å². The third-order valence-corrected chi connectivity index (χ3v) is 5.66. The van der Waals surface area contributed by atoms with E-state index in [9.17, 15) is 19.2 Å². The number of hydrogen-bond donors (Lipinski definition) is 5. The van der Waals surface area contributed by atoms with E-state index in [0.717, 1.165) is 10.4 Å². The molecule has 1 amide bonds. The molecule has 0 radical (unpaired) electrons. The van der Waals surface area contributed by atoms with Crippen LogP contribution in [0.25, 0.3) is 0 Å². The van der Waals surface area contributed by atoms with Crippen molar-refractivity contribution in [1.82, 2.24) is 5.32 Å². The average Bonchev–Trinajstić information content (AvgIpc) is 3.16. The van der Waals surface area contributed by atoms with Crippen LogP contribution in [-0.2, 0) is 27.2 Å². The van der Waals surface area contributed by atoms with Crippen LogP contribution >= 0.6 is 11.3 Å². The molecule has 0 saturated carbocycles. The summed E-state index contributed by atoms with van der Waals surface area (Å²) in [6.45, 7) is 1.60. The first kappa shape index (κ1) is 23.7. The molecule has 0 aliphatic carbocycles. The Balaban J connectivity index is 1.95. The zero-order chi connectivity index (χ0) is 23.1. The van der Waals surface area contributed by atoms with Crippen LogP contribution in [0.1, 0.15) is 39.0 Å². The van der Waals surface area contributed by atoms with Gasteiger partial charge in [-0.2, -0.15) is 0 Å². The van der Waals surface area contributed by atoms with E-state index in [1.54, 1.807) is 43.3 Å². The topological polar surface area (TPSA) is 171 Å². The molecule has 2 rings (SSSR count). The molecular formula is C21H23N3O6S. The fourth-order valence-electron chi connectivity index (χ4n) is 2.80. The van der Waals surface area contributed by atoms with Gasteiger partial charge in [-0.25, -0.2) is 4.79 Å². The van der Waals surface area contributed by atoms with Gasteiger partial charge in [-0.3, -0.25) is 19.8 Å². The third-order valence-electron chi connectivity index (χ3n) is 4.51. The molecular weight excluding hydrogens is 422 g/mol. The van der Waals surface area contributed by atoms with Gasteiger partial charge in [-0.05, 0) is 24.1 Å². The Morgan fingerprint density at radius 3 is 2.29 bits per heavy atom. The smallest absolute Gasteiger partial charge is 0.326 e. The number of Topliss-reactive ketones (excluding diaryl/α,β-unsaturated/α-hetero) is 1. The summed E-state index contributed by atoms with van der Waals surface area (Å²) in [5, 5.41) is 27.4. The van der Waals surface area contributed by atoms with Crippen LogP contribution in [-0.4, -0.2) is 45.7 Å². The lowest BCUT2D eigenvalue weighted by Crippen LogP contribution is -2.44. The van der Waals surface area contributed by atoms with Crippen molar-refractivity contribution < 1.29 is 29.4 Å². The van der Waals surface area contributed by atoms with E-state index in [0.29, 0.717) is 10.4 Å². The first-order valence-electron chi connectivity index (χ1n) is 9.37. The Kier molecular flexibility index (Phi) is 8.03. The number of amidine groups is 1. The van der Waals surface area contributed by atoms with Gasteiger partial charge in [0.15, 0.2) is 5.78 Å². The normalized spacial score (nSPS) is 12.5. The summed E-state index contributed by atoms with van der Waals surface area (Å²) in [7, 11) is 0. The van der Waals surface area contributed by atoms with Crippen molar-refractivity contribution in [2.45, 2.75) is 32.2 Å². The van der Waals surface area contributed by atoms with Gasteiger partial charge in [-0.1, -0.05) is 31.2 Å². The van der Waals surface area contributed by atoms with E-state index in [4.69, 9.17) is 21.4 Å². The van der Waals surface area contributed by atoms with Crippen LogP contribution < -0.4 is 11.1 Å². The summed E-state index contributed by atoms with van der Waals surface area (Å²) in [5.74, 6) is -4.04. The van der Waals surface area contributed by atoms with Crippen LogP contribution in [0.15, 0.2) is 36.4 Å². The minimum Gasteiger partial charge on any atom is -0.481 e. The molecule has 6 N–H and O–H groups in total. The van der Waals surface area contributed by atoms with Crippen molar-refractivity contribution in [3.05, 3.63) is 57.3 Å². The molecule has 1 heterocycles. The zero-order valence-electron chi connectivity index (χ0n) is 16.8. The SMILES string of the molecule is CC(Cc1ccc(C(=O)Cc2ccc(C(=N)N)cc2)s1)C(=O)N[C@@H](CC(=O)O)C(=O)O. The van der Waals surface area contributed by atoms with Gasteiger partial charge in [0.2, 0.25) is 5.91 Å². The van der Waals surface area contributed by atoms with Gasteiger partial charge in [0.1, 0.15) is 11.9 Å². The lowest BCUT2D eigenvalue weighted by atomic mass is 10.0. The number of carboxylic acid groups (broad SMARTS) is 2. The van der Waals surface area contributed by atoms with Gasteiger partial charge in [0.05, 0.1) is 11.3 Å². The number of benzene rings is 1. The van der Waals surface area contributed by atoms with E-state index in [1.165, 1.54) is 11.3 Å². The van der Waals surface area contributed by atoms with Gasteiger partial charge in [0, 0.05) is 22.8 Å². The molecule has 0 saturated heterocycles. The number of aliphatic carboxylic acids is 2. The monoisotopic (exact) mass is 445 g/mol. The summed E-state index contributed by atoms with van der Waals surface area (Å²) >= 11 is 1.26. The highest BCUT2D eigenvalue weighted by atomic mass is 32.1. The standard InChI is InChI=1S/C21H23N3O6S/c1-11(20(28)24-15(21(29)30)10-18(26)27)8-14-6-7-17(31-14)16(25)9-12-2-4-13(5-3-12)19(22)23/h2-7,11,15H,8-10H2,1H3,(H3,22,23)(H,24,28)(H,26,27)(H,29,30)/t11?,15-/m0/s1. The molecule has 2 aromatic rings. The van der Waals surface area contributed by atoms with Crippen molar-refractivity contribution in [2.75, 3.05) is 0 Å². The number of rotatable bonds is 11. The molecule has 0 aliphatic heterocycles. The molecule has 2 atom stereocenters. The van der Waals surface area contributed by atoms with Crippen molar-refractivity contribution in [3.8, 4) is 0 Å². The second-order valence-electron chi connectivity index (χ2n) is 7.08. The highest BCUT2D eigenvalue weighted by Gasteiger charge is 2.25. The number of nitrogens with one attached hydrogen (secondary N) is 2. The Hall–Kier alpha value is -3.53. The van der Waals surface area contributed by atoms with Crippen LogP contribution in [0, 0.1) is 11.3 Å². The maximum Gasteiger partial charge on any atom is 0.326 e. The predicted molar refractivity (Wildman–Crippen MR) is 114 cm³/mol. The maximum atomic E-state index is 12.5. The number of thiophene rings is 1. The largest absolute Gasteiger partial charge is 0.481 e. The molecule has 9 nitrogen and oxygen atoms in total. The first-order valence-corrected chi connectivity index (χ1v) is 10.2. The zero-order valence-corrected chi connectivity index (χ0v) is 17.6. The number of carbonyl (C=O) groups is 4. The molecule has 0 aliphatic rings. The highest BCUT2D eigenvalue weighted by molar-refractivity contribution is 7.14. The van der Waals surface area contributed by atoms with E-state index in [1.807, 2.05) is 0 Å². The quantitative estimate of drug-likeness (QED) is 0.199. The summed E-state index contributed by atoms with van der Waals surface area (Å²) in [5.41, 5.74) is 6.78. The van der Waals surface area contributed by atoms with Crippen molar-refractivity contribution in [2.24, 2.45) is 11.7 Å². The minimum atomic E-state index is -1.50. The van der Waals surface area contributed by atoms with Crippen LogP contribution in [0.3, 0.4) is 0 Å². The molecule has 0 fully saturated rings. The highest BCUT2D eigenvalue weighted by Crippen LogP contribution is 2.22. The van der Waals surface area contributed by atoms with E-state index >= 15 is 0 Å². The maximum absolute atomic E-state index is 12.5. The average molecular weight is 445 g/mol.